The predicted octanol–water partition coefficient (Wildman–Crippen LogP) is 4.80. The maximum absolute atomic E-state index is 6.13. The Morgan fingerprint density at radius 1 is 1.26 bits per heavy atom. The van der Waals surface area contributed by atoms with Crippen molar-refractivity contribution in [2.24, 2.45) is 0 Å². The fourth-order valence-electron chi connectivity index (χ4n) is 2.51. The molecule has 2 rings (SSSR count). The molecule has 1 heterocycles. The molecule has 0 bridgehead atoms. The molecule has 1 aromatic heterocycles. The number of furan rings is 1. The molecule has 1 aromatic carbocycles. The number of hydrogen-bond acceptors (Lipinski definition) is 2. The Kier molecular flexibility index (Phi) is 5.29. The van der Waals surface area contributed by atoms with Crippen molar-refractivity contribution in [1.82, 2.24) is 5.32 Å². The van der Waals surface area contributed by atoms with E-state index in [9.17, 15) is 0 Å². The monoisotopic (exact) mass is 279 g/mol. The minimum absolute atomic E-state index is 0.582. The number of fused-ring (bicyclic) bond motifs is 1. The van der Waals surface area contributed by atoms with E-state index in [2.05, 4.69) is 25.2 Å². The molecule has 1 N–H and O–H groups in total. The standard InChI is InChI=1S/C16H22ClNO/c1-3-6-13(18-4-2)9-10-14-11-12-7-5-8-15(17)16(12)19-14/h5,7-8,11,13,18H,3-4,6,9-10H2,1-2H3. The van der Waals surface area contributed by atoms with Crippen molar-refractivity contribution in [1.29, 1.82) is 0 Å². The summed E-state index contributed by atoms with van der Waals surface area (Å²) in [6, 6.07) is 8.56. The van der Waals surface area contributed by atoms with Crippen LogP contribution < -0.4 is 5.32 Å². The minimum Gasteiger partial charge on any atom is -0.460 e. The van der Waals surface area contributed by atoms with E-state index in [0.29, 0.717) is 11.1 Å². The van der Waals surface area contributed by atoms with E-state index in [1.807, 2.05) is 18.2 Å². The lowest BCUT2D eigenvalue weighted by Gasteiger charge is -2.15. The number of benzene rings is 1. The van der Waals surface area contributed by atoms with Gasteiger partial charge >= 0.3 is 0 Å². The van der Waals surface area contributed by atoms with Gasteiger partial charge in [0.1, 0.15) is 5.76 Å². The Balaban J connectivity index is 2.02. The molecule has 0 amide bonds. The highest BCUT2D eigenvalue weighted by atomic mass is 35.5. The van der Waals surface area contributed by atoms with Crippen LogP contribution in [0.5, 0.6) is 0 Å². The first-order valence-electron chi connectivity index (χ1n) is 7.15. The maximum atomic E-state index is 6.13. The summed E-state index contributed by atoms with van der Waals surface area (Å²) < 4.78 is 5.85. The number of hydrogen-bond donors (Lipinski definition) is 1. The van der Waals surface area contributed by atoms with Gasteiger partial charge in [-0.1, -0.05) is 44.0 Å². The summed E-state index contributed by atoms with van der Waals surface area (Å²) in [6.45, 7) is 5.41. The zero-order valence-corrected chi connectivity index (χ0v) is 12.5. The topological polar surface area (TPSA) is 25.2 Å². The Hall–Kier alpha value is -0.990. The van der Waals surface area contributed by atoms with Gasteiger partial charge in [-0.2, -0.15) is 0 Å². The summed E-state index contributed by atoms with van der Waals surface area (Å²) in [5.74, 6) is 1.03. The second kappa shape index (κ2) is 6.97. The van der Waals surface area contributed by atoms with Gasteiger partial charge < -0.3 is 9.73 Å². The van der Waals surface area contributed by atoms with Crippen LogP contribution in [0.1, 0.15) is 38.9 Å². The average Bonchev–Trinajstić information content (AvgIpc) is 2.81. The Morgan fingerprint density at radius 2 is 2.11 bits per heavy atom. The van der Waals surface area contributed by atoms with Gasteiger partial charge in [0.2, 0.25) is 0 Å². The molecule has 2 nitrogen and oxygen atoms in total. The molecular weight excluding hydrogens is 258 g/mol. The summed E-state index contributed by atoms with van der Waals surface area (Å²) in [5.41, 5.74) is 0.814. The van der Waals surface area contributed by atoms with Crippen LogP contribution in [0.3, 0.4) is 0 Å². The number of aryl methyl sites for hydroxylation is 1. The lowest BCUT2D eigenvalue weighted by Crippen LogP contribution is -2.29. The van der Waals surface area contributed by atoms with Crippen molar-refractivity contribution in [3.05, 3.63) is 35.0 Å². The third-order valence-corrected chi connectivity index (χ3v) is 3.71. The molecular formula is C16H22ClNO. The first-order chi connectivity index (χ1) is 9.24. The third-order valence-electron chi connectivity index (χ3n) is 3.42. The van der Waals surface area contributed by atoms with Gasteiger partial charge in [-0.25, -0.2) is 0 Å². The van der Waals surface area contributed by atoms with E-state index in [0.717, 1.165) is 36.1 Å². The van der Waals surface area contributed by atoms with Crippen molar-refractivity contribution in [3.63, 3.8) is 0 Å². The van der Waals surface area contributed by atoms with E-state index < -0.39 is 0 Å². The average molecular weight is 280 g/mol. The van der Waals surface area contributed by atoms with Crippen LogP contribution in [0, 0.1) is 0 Å². The van der Waals surface area contributed by atoms with Crippen molar-refractivity contribution in [2.45, 2.75) is 45.6 Å². The largest absolute Gasteiger partial charge is 0.460 e. The van der Waals surface area contributed by atoms with E-state index >= 15 is 0 Å². The first kappa shape index (κ1) is 14.4. The van der Waals surface area contributed by atoms with Crippen LogP contribution in [-0.4, -0.2) is 12.6 Å². The number of rotatable bonds is 7. The zero-order valence-electron chi connectivity index (χ0n) is 11.7. The fourth-order valence-corrected chi connectivity index (χ4v) is 2.73. The Labute approximate surface area is 120 Å². The van der Waals surface area contributed by atoms with Crippen LogP contribution in [0.15, 0.2) is 28.7 Å². The predicted molar refractivity (Wildman–Crippen MR) is 81.9 cm³/mol. The van der Waals surface area contributed by atoms with Gasteiger partial charge in [-0.15, -0.1) is 0 Å². The van der Waals surface area contributed by atoms with Gasteiger partial charge in [-0.05, 0) is 31.5 Å². The van der Waals surface area contributed by atoms with E-state index in [4.69, 9.17) is 16.0 Å². The second-order valence-electron chi connectivity index (χ2n) is 4.95. The molecule has 104 valence electrons. The molecule has 1 atom stereocenters. The van der Waals surface area contributed by atoms with E-state index in [1.54, 1.807) is 0 Å². The van der Waals surface area contributed by atoms with E-state index in [1.165, 1.54) is 12.8 Å². The normalized spacial score (nSPS) is 13.0. The smallest absolute Gasteiger partial charge is 0.152 e. The fraction of sp³-hybridized carbons (Fsp3) is 0.500. The van der Waals surface area contributed by atoms with Gasteiger partial charge in [0.15, 0.2) is 5.58 Å². The molecule has 0 spiro atoms. The molecule has 3 heteroatoms. The molecule has 19 heavy (non-hydrogen) atoms. The lowest BCUT2D eigenvalue weighted by atomic mass is 10.1. The van der Waals surface area contributed by atoms with Crippen LogP contribution >= 0.6 is 11.6 Å². The minimum atomic E-state index is 0.582. The summed E-state index contributed by atoms with van der Waals surface area (Å²) in [4.78, 5) is 0. The molecule has 2 aromatic rings. The molecule has 0 saturated heterocycles. The second-order valence-corrected chi connectivity index (χ2v) is 5.36. The van der Waals surface area contributed by atoms with Crippen LogP contribution in [0.2, 0.25) is 5.02 Å². The molecule has 0 radical (unpaired) electrons. The van der Waals surface area contributed by atoms with Crippen LogP contribution in [-0.2, 0) is 6.42 Å². The van der Waals surface area contributed by atoms with Gasteiger partial charge in [0, 0.05) is 17.8 Å². The summed E-state index contributed by atoms with van der Waals surface area (Å²) in [6.07, 6.45) is 4.50. The molecule has 0 aliphatic rings. The summed E-state index contributed by atoms with van der Waals surface area (Å²) in [5, 5.41) is 5.32. The van der Waals surface area contributed by atoms with Crippen molar-refractivity contribution in [3.8, 4) is 0 Å². The number of halogens is 1. The molecule has 1 unspecified atom stereocenters. The maximum Gasteiger partial charge on any atom is 0.152 e. The SMILES string of the molecule is CCCC(CCc1cc2cccc(Cl)c2o1)NCC. The lowest BCUT2D eigenvalue weighted by molar-refractivity contribution is 0.437. The highest BCUT2D eigenvalue weighted by molar-refractivity contribution is 6.34. The highest BCUT2D eigenvalue weighted by Crippen LogP contribution is 2.27. The van der Waals surface area contributed by atoms with Crippen molar-refractivity contribution >= 4 is 22.6 Å². The van der Waals surface area contributed by atoms with Gasteiger partial charge in [0.25, 0.3) is 0 Å². The highest BCUT2D eigenvalue weighted by Gasteiger charge is 2.10. The number of nitrogens with one attached hydrogen (secondary N) is 1. The van der Waals surface area contributed by atoms with Gasteiger partial charge in [-0.3, -0.25) is 0 Å². The Bertz CT molecular complexity index is 514. The van der Waals surface area contributed by atoms with Crippen LogP contribution in [0.4, 0.5) is 0 Å². The van der Waals surface area contributed by atoms with Crippen molar-refractivity contribution in [2.75, 3.05) is 6.54 Å². The molecule has 0 fully saturated rings. The zero-order chi connectivity index (χ0) is 13.7. The quantitative estimate of drug-likeness (QED) is 0.788. The van der Waals surface area contributed by atoms with E-state index in [-0.39, 0.29) is 0 Å². The first-order valence-corrected chi connectivity index (χ1v) is 7.52. The van der Waals surface area contributed by atoms with Crippen LogP contribution in [0.25, 0.3) is 11.0 Å². The molecule has 0 aliphatic carbocycles. The number of para-hydroxylation sites is 1. The summed E-state index contributed by atoms with van der Waals surface area (Å²) in [7, 11) is 0. The van der Waals surface area contributed by atoms with Crippen molar-refractivity contribution < 1.29 is 4.42 Å². The Morgan fingerprint density at radius 3 is 2.79 bits per heavy atom. The third kappa shape index (κ3) is 3.74. The molecule has 0 aliphatic heterocycles. The molecule has 0 saturated carbocycles. The van der Waals surface area contributed by atoms with Gasteiger partial charge in [0.05, 0.1) is 5.02 Å². The summed E-state index contributed by atoms with van der Waals surface area (Å²) >= 11 is 6.13.